The van der Waals surface area contributed by atoms with Gasteiger partial charge in [-0.1, -0.05) is 0 Å². The first-order valence-corrected chi connectivity index (χ1v) is 4.86. The van der Waals surface area contributed by atoms with E-state index >= 15 is 0 Å². The van der Waals surface area contributed by atoms with Crippen LogP contribution >= 0.6 is 27.5 Å². The normalized spacial score (nSPS) is 10.5. The van der Waals surface area contributed by atoms with Gasteiger partial charge < -0.3 is 4.74 Å². The molecule has 0 fully saturated rings. The van der Waals surface area contributed by atoms with E-state index in [0.717, 1.165) is 6.20 Å². The second-order valence-corrected chi connectivity index (χ2v) is 3.58. The molecule has 0 unspecified atom stereocenters. The summed E-state index contributed by atoms with van der Waals surface area (Å²) in [6, 6.07) is 0. The van der Waals surface area contributed by atoms with Gasteiger partial charge in [0, 0.05) is 6.20 Å². The van der Waals surface area contributed by atoms with Gasteiger partial charge in [-0.15, -0.1) is 0 Å². The fraction of sp³-hybridized carbons (Fsp3) is 0.250. The summed E-state index contributed by atoms with van der Waals surface area (Å²) in [6.07, 6.45) is -1.89. The molecule has 0 N–H and O–H groups in total. The molecule has 0 aliphatic carbocycles. The van der Waals surface area contributed by atoms with E-state index in [1.54, 1.807) is 0 Å². The molecule has 0 radical (unpaired) electrons. The Morgan fingerprint density at radius 2 is 2.27 bits per heavy atom. The Morgan fingerprint density at radius 3 is 2.67 bits per heavy atom. The number of carbonyl (C=O) groups excluding carboxylic acids is 1. The molecular weight excluding hydrogens is 295 g/mol. The van der Waals surface area contributed by atoms with Crippen LogP contribution in [0.25, 0.3) is 0 Å². The Kier molecular flexibility index (Phi) is 3.98. The zero-order chi connectivity index (χ0) is 11.6. The molecule has 1 rings (SSSR count). The van der Waals surface area contributed by atoms with Gasteiger partial charge in [-0.3, -0.25) is 4.79 Å². The minimum atomic E-state index is -2.86. The summed E-state index contributed by atoms with van der Waals surface area (Å²) in [5.41, 5.74) is -0.911. The predicted molar refractivity (Wildman–Crippen MR) is 53.6 cm³/mol. The fourth-order valence-electron chi connectivity index (χ4n) is 1.05. The third-order valence-corrected chi connectivity index (χ3v) is 2.43. The SMILES string of the molecule is COc1c(Br)ncc(C(=O)Cl)c1C(F)F. The van der Waals surface area contributed by atoms with E-state index in [2.05, 4.69) is 20.9 Å². The standard InChI is InChI=1S/C8H5BrClF2NO2/c1-15-5-4(8(11)12)3(7(10)14)2-13-6(5)9/h2,8H,1H3. The van der Waals surface area contributed by atoms with E-state index in [1.165, 1.54) is 7.11 Å². The van der Waals surface area contributed by atoms with Crippen molar-refractivity contribution in [1.29, 1.82) is 0 Å². The van der Waals surface area contributed by atoms with E-state index < -0.39 is 17.2 Å². The summed E-state index contributed by atoms with van der Waals surface area (Å²) < 4.78 is 30.2. The van der Waals surface area contributed by atoms with Crippen LogP contribution in [0.2, 0.25) is 0 Å². The van der Waals surface area contributed by atoms with E-state index in [4.69, 9.17) is 16.3 Å². The Bertz CT molecular complexity index is 400. The van der Waals surface area contributed by atoms with Crippen LogP contribution in [0.4, 0.5) is 8.78 Å². The van der Waals surface area contributed by atoms with Gasteiger partial charge in [0.2, 0.25) is 0 Å². The number of hydrogen-bond acceptors (Lipinski definition) is 3. The number of rotatable bonds is 3. The van der Waals surface area contributed by atoms with E-state index in [1.807, 2.05) is 0 Å². The highest BCUT2D eigenvalue weighted by molar-refractivity contribution is 9.10. The van der Waals surface area contributed by atoms with Crippen LogP contribution in [-0.4, -0.2) is 17.3 Å². The maximum absolute atomic E-state index is 12.7. The predicted octanol–water partition coefficient (Wildman–Crippen LogP) is 3.17. The first-order chi connectivity index (χ1) is 6.99. The van der Waals surface area contributed by atoms with Crippen LogP contribution in [-0.2, 0) is 0 Å². The number of carbonyl (C=O) groups is 1. The van der Waals surface area contributed by atoms with Gasteiger partial charge >= 0.3 is 0 Å². The number of nitrogens with zero attached hydrogens (tertiary/aromatic N) is 1. The van der Waals surface area contributed by atoms with Crippen molar-refractivity contribution in [2.45, 2.75) is 6.43 Å². The summed E-state index contributed by atoms with van der Waals surface area (Å²) in [5.74, 6) is -0.184. The summed E-state index contributed by atoms with van der Waals surface area (Å²) >= 11 is 8.09. The van der Waals surface area contributed by atoms with Crippen molar-refractivity contribution in [3.8, 4) is 5.75 Å². The largest absolute Gasteiger partial charge is 0.493 e. The lowest BCUT2D eigenvalue weighted by Crippen LogP contribution is -2.04. The molecule has 0 saturated heterocycles. The highest BCUT2D eigenvalue weighted by atomic mass is 79.9. The average Bonchev–Trinajstić information content (AvgIpc) is 2.16. The smallest absolute Gasteiger partial charge is 0.268 e. The number of halogens is 4. The molecule has 0 bridgehead atoms. The Morgan fingerprint density at radius 1 is 1.67 bits per heavy atom. The lowest BCUT2D eigenvalue weighted by atomic mass is 10.1. The molecular formula is C8H5BrClF2NO2. The molecule has 15 heavy (non-hydrogen) atoms. The van der Waals surface area contributed by atoms with Gasteiger partial charge in [0.05, 0.1) is 18.2 Å². The van der Waals surface area contributed by atoms with Gasteiger partial charge in [0.15, 0.2) is 5.75 Å². The number of ether oxygens (including phenoxy) is 1. The zero-order valence-corrected chi connectivity index (χ0v) is 9.77. The first-order valence-electron chi connectivity index (χ1n) is 3.69. The topological polar surface area (TPSA) is 39.2 Å². The van der Waals surface area contributed by atoms with Gasteiger partial charge in [-0.2, -0.15) is 0 Å². The second-order valence-electron chi connectivity index (χ2n) is 2.48. The van der Waals surface area contributed by atoms with Crippen LogP contribution in [0, 0.1) is 0 Å². The molecule has 0 amide bonds. The third-order valence-electron chi connectivity index (χ3n) is 1.66. The van der Waals surface area contributed by atoms with Crippen molar-refractivity contribution in [2.75, 3.05) is 7.11 Å². The van der Waals surface area contributed by atoms with Crippen molar-refractivity contribution >= 4 is 32.8 Å². The van der Waals surface area contributed by atoms with Crippen molar-refractivity contribution < 1.29 is 18.3 Å². The zero-order valence-electron chi connectivity index (χ0n) is 7.43. The van der Waals surface area contributed by atoms with Crippen LogP contribution in [0.5, 0.6) is 5.75 Å². The van der Waals surface area contributed by atoms with Crippen LogP contribution < -0.4 is 4.74 Å². The fourth-order valence-corrected chi connectivity index (χ4v) is 1.68. The monoisotopic (exact) mass is 299 g/mol. The summed E-state index contributed by atoms with van der Waals surface area (Å²) in [6.45, 7) is 0. The molecule has 0 aliphatic rings. The lowest BCUT2D eigenvalue weighted by molar-refractivity contribution is 0.106. The number of hydrogen-bond donors (Lipinski definition) is 0. The van der Waals surface area contributed by atoms with Crippen molar-refractivity contribution in [2.24, 2.45) is 0 Å². The molecule has 1 aromatic rings. The highest BCUT2D eigenvalue weighted by Gasteiger charge is 2.24. The van der Waals surface area contributed by atoms with Gasteiger partial charge in [-0.05, 0) is 27.5 Å². The van der Waals surface area contributed by atoms with E-state index in [9.17, 15) is 13.6 Å². The summed E-state index contributed by atoms with van der Waals surface area (Å²) in [4.78, 5) is 14.5. The maximum atomic E-state index is 12.7. The first kappa shape index (κ1) is 12.3. The highest BCUT2D eigenvalue weighted by Crippen LogP contribution is 2.36. The summed E-state index contributed by atoms with van der Waals surface area (Å²) in [7, 11) is 1.20. The Labute approximate surface area is 97.5 Å². The quantitative estimate of drug-likeness (QED) is 0.636. The molecule has 82 valence electrons. The van der Waals surface area contributed by atoms with Gasteiger partial charge in [0.1, 0.15) is 4.60 Å². The molecule has 0 atom stereocenters. The second kappa shape index (κ2) is 4.85. The molecule has 7 heteroatoms. The van der Waals surface area contributed by atoms with Gasteiger partial charge in [0.25, 0.3) is 11.7 Å². The Hall–Kier alpha value is -0.750. The molecule has 3 nitrogen and oxygen atoms in total. The van der Waals surface area contributed by atoms with Crippen molar-refractivity contribution in [1.82, 2.24) is 4.98 Å². The third kappa shape index (κ3) is 2.43. The molecule has 1 aromatic heterocycles. The minimum Gasteiger partial charge on any atom is -0.493 e. The summed E-state index contributed by atoms with van der Waals surface area (Å²) in [5, 5.41) is -0.997. The lowest BCUT2D eigenvalue weighted by Gasteiger charge is -2.11. The number of pyridine rings is 1. The molecule has 0 spiro atoms. The number of aromatic nitrogens is 1. The van der Waals surface area contributed by atoms with Crippen LogP contribution in [0.15, 0.2) is 10.8 Å². The Balaban J connectivity index is 3.49. The van der Waals surface area contributed by atoms with Crippen molar-refractivity contribution in [3.05, 3.63) is 21.9 Å². The van der Waals surface area contributed by atoms with Crippen LogP contribution in [0.1, 0.15) is 22.3 Å². The van der Waals surface area contributed by atoms with Crippen LogP contribution in [0.3, 0.4) is 0 Å². The van der Waals surface area contributed by atoms with E-state index in [0.29, 0.717) is 0 Å². The maximum Gasteiger partial charge on any atom is 0.268 e. The average molecular weight is 300 g/mol. The van der Waals surface area contributed by atoms with Gasteiger partial charge in [-0.25, -0.2) is 13.8 Å². The van der Waals surface area contributed by atoms with E-state index in [-0.39, 0.29) is 15.9 Å². The molecule has 0 aromatic carbocycles. The number of methoxy groups -OCH3 is 1. The van der Waals surface area contributed by atoms with Crippen molar-refractivity contribution in [3.63, 3.8) is 0 Å². The molecule has 0 saturated carbocycles. The minimum absolute atomic E-state index is 0.0990. The molecule has 0 aliphatic heterocycles. The number of alkyl halides is 2. The molecule has 1 heterocycles.